The van der Waals surface area contributed by atoms with E-state index in [1.807, 2.05) is 0 Å². The molecule has 9 heteroatoms. The molecule has 138 valence electrons. The van der Waals surface area contributed by atoms with E-state index in [0.717, 1.165) is 0 Å². The number of urea groups is 1. The number of imide groups is 1. The standard InChI is InChI=1S/C17H15Cl2F2N3O2/c1-9(10-6-14(21)12(19)7-11(10)18)22-8-16(25)24-17(26)23-15-5-3-2-4-13(15)20/h2-7,9,22H,8H2,1H3,(H2,23,24,25,26)/t9-/m0/s1. The third-order valence-corrected chi connectivity index (χ3v) is 4.07. The molecule has 2 aromatic rings. The van der Waals surface area contributed by atoms with Gasteiger partial charge in [0.15, 0.2) is 0 Å². The Morgan fingerprint density at radius 1 is 1.08 bits per heavy atom. The molecule has 0 fully saturated rings. The van der Waals surface area contributed by atoms with E-state index in [4.69, 9.17) is 23.2 Å². The fourth-order valence-corrected chi connectivity index (χ4v) is 2.66. The first-order valence-corrected chi connectivity index (χ1v) is 8.26. The van der Waals surface area contributed by atoms with Crippen LogP contribution in [-0.2, 0) is 4.79 Å². The van der Waals surface area contributed by atoms with Crippen molar-refractivity contribution >= 4 is 40.8 Å². The molecule has 26 heavy (non-hydrogen) atoms. The quantitative estimate of drug-likeness (QED) is 0.655. The number of carbonyl (C=O) groups excluding carboxylic acids is 2. The maximum Gasteiger partial charge on any atom is 0.326 e. The smallest absolute Gasteiger partial charge is 0.305 e. The van der Waals surface area contributed by atoms with Crippen LogP contribution in [0.1, 0.15) is 18.5 Å². The number of hydrogen-bond acceptors (Lipinski definition) is 3. The predicted molar refractivity (Wildman–Crippen MR) is 96.4 cm³/mol. The molecule has 0 heterocycles. The molecule has 0 aliphatic heterocycles. The van der Waals surface area contributed by atoms with Crippen LogP contribution in [0.2, 0.25) is 10.0 Å². The summed E-state index contributed by atoms with van der Waals surface area (Å²) in [6, 6.07) is 6.64. The van der Waals surface area contributed by atoms with Gasteiger partial charge in [-0.1, -0.05) is 35.3 Å². The first kappa shape index (κ1) is 20.1. The summed E-state index contributed by atoms with van der Waals surface area (Å²) in [6.07, 6.45) is 0. The van der Waals surface area contributed by atoms with Gasteiger partial charge in [-0.2, -0.15) is 0 Å². The van der Waals surface area contributed by atoms with Gasteiger partial charge in [-0.25, -0.2) is 13.6 Å². The number of halogens is 4. The van der Waals surface area contributed by atoms with Crippen molar-refractivity contribution in [3.63, 3.8) is 0 Å². The highest BCUT2D eigenvalue weighted by Crippen LogP contribution is 2.28. The third kappa shape index (κ3) is 5.39. The summed E-state index contributed by atoms with van der Waals surface area (Å²) in [4.78, 5) is 23.5. The van der Waals surface area contributed by atoms with Crippen molar-refractivity contribution in [2.75, 3.05) is 11.9 Å². The Morgan fingerprint density at radius 2 is 1.77 bits per heavy atom. The minimum atomic E-state index is -0.870. The highest BCUT2D eigenvalue weighted by atomic mass is 35.5. The first-order chi connectivity index (χ1) is 12.3. The Bertz CT molecular complexity index is 834. The molecule has 0 spiro atoms. The molecule has 0 aliphatic carbocycles. The molecule has 1 atom stereocenters. The lowest BCUT2D eigenvalue weighted by molar-refractivity contribution is -0.119. The monoisotopic (exact) mass is 401 g/mol. The van der Waals surface area contributed by atoms with Crippen LogP contribution in [0, 0.1) is 11.6 Å². The summed E-state index contributed by atoms with van der Waals surface area (Å²) in [6.45, 7) is 1.42. The first-order valence-electron chi connectivity index (χ1n) is 7.51. The summed E-state index contributed by atoms with van der Waals surface area (Å²) in [5.41, 5.74) is 0.361. The van der Waals surface area contributed by atoms with Crippen LogP contribution in [0.5, 0.6) is 0 Å². The molecule has 0 unspecified atom stereocenters. The van der Waals surface area contributed by atoms with Gasteiger partial charge in [-0.15, -0.1) is 0 Å². The Balaban J connectivity index is 1.87. The summed E-state index contributed by atoms with van der Waals surface area (Å²) < 4.78 is 27.0. The number of anilines is 1. The number of carbonyl (C=O) groups is 2. The van der Waals surface area contributed by atoms with E-state index < -0.39 is 29.6 Å². The summed E-state index contributed by atoms with van der Waals surface area (Å²) >= 11 is 11.6. The highest BCUT2D eigenvalue weighted by molar-refractivity contribution is 6.35. The van der Waals surface area contributed by atoms with E-state index in [0.29, 0.717) is 5.56 Å². The maximum absolute atomic E-state index is 13.5. The second kappa shape index (κ2) is 8.93. The zero-order valence-corrected chi connectivity index (χ0v) is 15.1. The average Bonchev–Trinajstić information content (AvgIpc) is 2.58. The highest BCUT2D eigenvalue weighted by Gasteiger charge is 2.15. The van der Waals surface area contributed by atoms with Crippen molar-refractivity contribution in [2.24, 2.45) is 0 Å². The zero-order valence-electron chi connectivity index (χ0n) is 13.6. The number of hydrogen-bond donors (Lipinski definition) is 3. The van der Waals surface area contributed by atoms with Crippen LogP contribution < -0.4 is 16.0 Å². The fourth-order valence-electron chi connectivity index (χ4n) is 2.11. The van der Waals surface area contributed by atoms with Crippen molar-refractivity contribution in [2.45, 2.75) is 13.0 Å². The largest absolute Gasteiger partial charge is 0.326 e. The third-order valence-electron chi connectivity index (χ3n) is 3.45. The van der Waals surface area contributed by atoms with E-state index in [1.165, 1.54) is 30.3 Å². The Kier molecular flexibility index (Phi) is 6.90. The molecule has 2 aromatic carbocycles. The maximum atomic E-state index is 13.5. The van der Waals surface area contributed by atoms with Gasteiger partial charge in [0, 0.05) is 11.1 Å². The second-order valence-corrected chi connectivity index (χ2v) is 6.19. The zero-order chi connectivity index (χ0) is 19.3. The molecule has 3 N–H and O–H groups in total. The van der Waals surface area contributed by atoms with Gasteiger partial charge in [0.1, 0.15) is 11.6 Å². The minimum absolute atomic E-state index is 0.0532. The average molecular weight is 402 g/mol. The van der Waals surface area contributed by atoms with E-state index >= 15 is 0 Å². The van der Waals surface area contributed by atoms with Crippen molar-refractivity contribution in [1.29, 1.82) is 0 Å². The number of rotatable bonds is 5. The Hall–Kier alpha value is -2.22. The molecular weight excluding hydrogens is 387 g/mol. The number of nitrogens with one attached hydrogen (secondary N) is 3. The van der Waals surface area contributed by atoms with Crippen molar-refractivity contribution in [3.05, 3.63) is 63.6 Å². The normalized spacial score (nSPS) is 11.7. The molecule has 2 rings (SSSR count). The van der Waals surface area contributed by atoms with Crippen LogP contribution in [0.15, 0.2) is 36.4 Å². The van der Waals surface area contributed by atoms with Gasteiger partial charge in [-0.3, -0.25) is 10.1 Å². The molecule has 0 aliphatic rings. The van der Waals surface area contributed by atoms with E-state index in [1.54, 1.807) is 13.0 Å². The van der Waals surface area contributed by atoms with Crippen LogP contribution in [0.3, 0.4) is 0 Å². The van der Waals surface area contributed by atoms with Crippen LogP contribution in [0.25, 0.3) is 0 Å². The molecule has 5 nitrogen and oxygen atoms in total. The molecular formula is C17H15Cl2F2N3O2. The Labute approximate surface area is 158 Å². The van der Waals surface area contributed by atoms with E-state index in [9.17, 15) is 18.4 Å². The fraction of sp³-hybridized carbons (Fsp3) is 0.176. The van der Waals surface area contributed by atoms with E-state index in [-0.39, 0.29) is 22.3 Å². The van der Waals surface area contributed by atoms with Crippen molar-refractivity contribution in [3.8, 4) is 0 Å². The van der Waals surface area contributed by atoms with Crippen molar-refractivity contribution in [1.82, 2.24) is 10.6 Å². The SMILES string of the molecule is C[C@H](NCC(=O)NC(=O)Nc1ccccc1F)c1cc(F)c(Cl)cc1Cl. The van der Waals surface area contributed by atoms with Gasteiger partial charge >= 0.3 is 6.03 Å². The van der Waals surface area contributed by atoms with Crippen LogP contribution >= 0.6 is 23.2 Å². The molecule has 0 bridgehead atoms. The summed E-state index contributed by atoms with van der Waals surface area (Å²) in [7, 11) is 0. The number of amides is 3. The molecule has 0 saturated carbocycles. The number of para-hydroxylation sites is 1. The summed E-state index contributed by atoms with van der Waals surface area (Å²) in [5.74, 6) is -1.91. The Morgan fingerprint density at radius 3 is 2.46 bits per heavy atom. The predicted octanol–water partition coefficient (Wildman–Crippen LogP) is 4.27. The van der Waals surface area contributed by atoms with Gasteiger partial charge in [0.25, 0.3) is 0 Å². The minimum Gasteiger partial charge on any atom is -0.305 e. The van der Waals surface area contributed by atoms with Crippen LogP contribution in [0.4, 0.5) is 19.3 Å². The summed E-state index contributed by atoms with van der Waals surface area (Å²) in [5, 5.41) is 7.22. The lowest BCUT2D eigenvalue weighted by Gasteiger charge is -2.16. The van der Waals surface area contributed by atoms with Crippen molar-refractivity contribution < 1.29 is 18.4 Å². The van der Waals surface area contributed by atoms with Crippen LogP contribution in [-0.4, -0.2) is 18.5 Å². The van der Waals surface area contributed by atoms with E-state index in [2.05, 4.69) is 16.0 Å². The lowest BCUT2D eigenvalue weighted by atomic mass is 10.1. The molecule has 0 radical (unpaired) electrons. The second-order valence-electron chi connectivity index (χ2n) is 5.37. The van der Waals surface area contributed by atoms with Gasteiger partial charge < -0.3 is 10.6 Å². The van der Waals surface area contributed by atoms with Gasteiger partial charge in [-0.05, 0) is 36.8 Å². The molecule has 0 saturated heterocycles. The van der Waals surface area contributed by atoms with Gasteiger partial charge in [0.2, 0.25) is 5.91 Å². The lowest BCUT2D eigenvalue weighted by Crippen LogP contribution is -2.40. The molecule has 3 amide bonds. The number of benzene rings is 2. The van der Waals surface area contributed by atoms with Gasteiger partial charge in [0.05, 0.1) is 17.3 Å². The topological polar surface area (TPSA) is 70.2 Å². The molecule has 0 aromatic heterocycles.